The van der Waals surface area contributed by atoms with Gasteiger partial charge >= 0.3 is 6.18 Å². The van der Waals surface area contributed by atoms with Crippen molar-refractivity contribution in [2.45, 2.75) is 45.6 Å². The topological polar surface area (TPSA) is 64.0 Å². The zero-order valence-corrected chi connectivity index (χ0v) is 23.5. The second-order valence-corrected chi connectivity index (χ2v) is 10.4. The maximum absolute atomic E-state index is 13.7. The largest absolute Gasteiger partial charge is 0.497 e. The average molecular weight is 560 g/mol. The highest BCUT2D eigenvalue weighted by Gasteiger charge is 2.33. The molecule has 1 heterocycles. The Morgan fingerprint density at radius 3 is 2.33 bits per heavy atom. The van der Waals surface area contributed by atoms with Gasteiger partial charge in [0.05, 0.1) is 25.8 Å². The normalized spacial score (nSPS) is 11.8. The van der Waals surface area contributed by atoms with Crippen molar-refractivity contribution in [3.63, 3.8) is 0 Å². The van der Waals surface area contributed by atoms with Gasteiger partial charge in [-0.3, -0.25) is 9.59 Å². The van der Waals surface area contributed by atoms with Gasteiger partial charge in [-0.1, -0.05) is 18.2 Å². The Morgan fingerprint density at radius 2 is 1.68 bits per heavy atom. The third-order valence-corrected chi connectivity index (χ3v) is 6.46. The average Bonchev–Trinajstić information content (AvgIpc) is 3.34. The van der Waals surface area contributed by atoms with Gasteiger partial charge in [-0.05, 0) is 68.8 Å². The molecule has 0 aliphatic carbocycles. The fourth-order valence-electron chi connectivity index (χ4n) is 4.29. The lowest BCUT2D eigenvalue weighted by Gasteiger charge is -2.37. The standard InChI is InChI=1S/C30H36F3N3O4/c1-29(2,3)36(20-25-12-8-14-34(25)19-22-9-6-13-26(17-22)40-5)27(37)21-35(15-16-39-4)28(38)23-10-7-11-24(18-23)30(31,32)33/h6-14,17-18H,15-16,19-21H2,1-5H3. The summed E-state index contributed by atoms with van der Waals surface area (Å²) in [5, 5.41) is 0. The van der Waals surface area contributed by atoms with Crippen LogP contribution in [0.25, 0.3) is 0 Å². The lowest BCUT2D eigenvalue weighted by Crippen LogP contribution is -2.50. The molecular weight excluding hydrogens is 523 g/mol. The third-order valence-electron chi connectivity index (χ3n) is 6.46. The van der Waals surface area contributed by atoms with E-state index in [9.17, 15) is 22.8 Å². The van der Waals surface area contributed by atoms with Crippen LogP contribution in [0.3, 0.4) is 0 Å². The number of halogens is 3. The summed E-state index contributed by atoms with van der Waals surface area (Å²) in [4.78, 5) is 29.9. The van der Waals surface area contributed by atoms with Gasteiger partial charge in [0.2, 0.25) is 5.91 Å². The number of benzene rings is 2. The second-order valence-electron chi connectivity index (χ2n) is 10.4. The molecule has 0 radical (unpaired) electrons. The molecule has 3 aromatic rings. The Labute approximate surface area is 233 Å². The first-order chi connectivity index (χ1) is 18.8. The second kappa shape index (κ2) is 13.0. The van der Waals surface area contributed by atoms with Gasteiger partial charge in [-0.25, -0.2) is 0 Å². The van der Waals surface area contributed by atoms with Gasteiger partial charge in [0.15, 0.2) is 0 Å². The van der Waals surface area contributed by atoms with Crippen molar-refractivity contribution >= 4 is 11.8 Å². The molecule has 2 aromatic carbocycles. The summed E-state index contributed by atoms with van der Waals surface area (Å²) in [6.45, 7) is 6.39. The zero-order chi connectivity index (χ0) is 29.5. The first-order valence-corrected chi connectivity index (χ1v) is 12.9. The van der Waals surface area contributed by atoms with E-state index >= 15 is 0 Å². The number of alkyl halides is 3. The van der Waals surface area contributed by atoms with Gasteiger partial charge < -0.3 is 23.8 Å². The van der Waals surface area contributed by atoms with Gasteiger partial charge in [0, 0.05) is 43.2 Å². The molecule has 0 saturated carbocycles. The molecule has 10 heteroatoms. The van der Waals surface area contributed by atoms with Crippen LogP contribution in [-0.4, -0.2) is 65.6 Å². The molecule has 0 N–H and O–H groups in total. The van der Waals surface area contributed by atoms with E-state index < -0.39 is 23.2 Å². The monoisotopic (exact) mass is 559 g/mol. The molecule has 0 unspecified atom stereocenters. The Hall–Kier alpha value is -3.79. The molecule has 0 saturated heterocycles. The van der Waals surface area contributed by atoms with Crippen LogP contribution < -0.4 is 4.74 Å². The summed E-state index contributed by atoms with van der Waals surface area (Å²) in [7, 11) is 3.06. The van der Waals surface area contributed by atoms with Crippen LogP contribution in [0.1, 0.15) is 48.0 Å². The van der Waals surface area contributed by atoms with Crippen molar-refractivity contribution < 1.29 is 32.2 Å². The fourth-order valence-corrected chi connectivity index (χ4v) is 4.29. The van der Waals surface area contributed by atoms with E-state index in [0.717, 1.165) is 29.1 Å². The summed E-state index contributed by atoms with van der Waals surface area (Å²) in [5.41, 5.74) is 0.244. The van der Waals surface area contributed by atoms with Crippen molar-refractivity contribution in [3.05, 3.63) is 89.2 Å². The van der Waals surface area contributed by atoms with Crippen LogP contribution >= 0.6 is 0 Å². The molecular formula is C30H36F3N3O4. The highest BCUT2D eigenvalue weighted by atomic mass is 19.4. The van der Waals surface area contributed by atoms with Crippen molar-refractivity contribution in [3.8, 4) is 5.75 Å². The van der Waals surface area contributed by atoms with Gasteiger partial charge in [0.1, 0.15) is 12.3 Å². The van der Waals surface area contributed by atoms with Gasteiger partial charge in [0.25, 0.3) is 5.91 Å². The first-order valence-electron chi connectivity index (χ1n) is 12.9. The number of methoxy groups -OCH3 is 2. The van der Waals surface area contributed by atoms with Crippen LogP contribution in [-0.2, 0) is 28.8 Å². The minimum atomic E-state index is -4.59. The number of carbonyl (C=O) groups is 2. The predicted octanol–water partition coefficient (Wildman–Crippen LogP) is 5.48. The minimum absolute atomic E-state index is 0.0432. The lowest BCUT2D eigenvalue weighted by atomic mass is 10.0. The van der Waals surface area contributed by atoms with Crippen LogP contribution in [0.15, 0.2) is 66.9 Å². The number of carbonyl (C=O) groups excluding carboxylic acids is 2. The Kier molecular flexibility index (Phi) is 10.0. The number of amides is 2. The maximum atomic E-state index is 13.7. The molecule has 0 spiro atoms. The highest BCUT2D eigenvalue weighted by molar-refractivity contribution is 5.96. The molecule has 2 amide bonds. The number of rotatable bonds is 11. The van der Waals surface area contributed by atoms with E-state index in [1.54, 1.807) is 12.0 Å². The molecule has 0 aliphatic rings. The van der Waals surface area contributed by atoms with Crippen molar-refractivity contribution in [1.29, 1.82) is 0 Å². The van der Waals surface area contributed by atoms with Crippen LogP contribution in [0.4, 0.5) is 13.2 Å². The van der Waals surface area contributed by atoms with Gasteiger partial charge in [-0.15, -0.1) is 0 Å². The van der Waals surface area contributed by atoms with E-state index in [1.165, 1.54) is 24.1 Å². The van der Waals surface area contributed by atoms with Crippen molar-refractivity contribution in [1.82, 2.24) is 14.4 Å². The highest BCUT2D eigenvalue weighted by Crippen LogP contribution is 2.30. The van der Waals surface area contributed by atoms with E-state index in [2.05, 4.69) is 0 Å². The molecule has 3 rings (SSSR count). The minimum Gasteiger partial charge on any atom is -0.497 e. The fraction of sp³-hybridized carbons (Fsp3) is 0.400. The number of ether oxygens (including phenoxy) is 2. The molecule has 7 nitrogen and oxygen atoms in total. The summed E-state index contributed by atoms with van der Waals surface area (Å²) < 4.78 is 52.2. The smallest absolute Gasteiger partial charge is 0.416 e. The van der Waals surface area contributed by atoms with Crippen LogP contribution in [0.2, 0.25) is 0 Å². The molecule has 0 aliphatic heterocycles. The maximum Gasteiger partial charge on any atom is 0.416 e. The SMILES string of the molecule is COCCN(CC(=O)N(Cc1cccn1Cc1cccc(OC)c1)C(C)(C)C)C(=O)c1cccc(C(F)(F)F)c1. The summed E-state index contributed by atoms with van der Waals surface area (Å²) >= 11 is 0. The quantitative estimate of drug-likeness (QED) is 0.312. The molecule has 0 bridgehead atoms. The molecule has 40 heavy (non-hydrogen) atoms. The van der Waals surface area contributed by atoms with E-state index in [-0.39, 0.29) is 37.7 Å². The number of aromatic nitrogens is 1. The van der Waals surface area contributed by atoms with Crippen molar-refractivity contribution in [2.24, 2.45) is 0 Å². The summed E-state index contributed by atoms with van der Waals surface area (Å²) in [5.74, 6) is -0.260. The molecule has 216 valence electrons. The molecule has 0 atom stereocenters. The number of hydrogen-bond acceptors (Lipinski definition) is 4. The Balaban J connectivity index is 1.83. The summed E-state index contributed by atoms with van der Waals surface area (Å²) in [6.07, 6.45) is -2.66. The van der Waals surface area contributed by atoms with E-state index in [4.69, 9.17) is 9.47 Å². The van der Waals surface area contributed by atoms with Crippen molar-refractivity contribution in [2.75, 3.05) is 33.9 Å². The lowest BCUT2D eigenvalue weighted by molar-refractivity contribution is -0.138. The predicted molar refractivity (Wildman–Crippen MR) is 146 cm³/mol. The number of nitrogens with zero attached hydrogens (tertiary/aromatic N) is 3. The number of hydrogen-bond donors (Lipinski definition) is 0. The van der Waals surface area contributed by atoms with E-state index in [1.807, 2.05) is 67.9 Å². The first kappa shape index (κ1) is 30.7. The molecule has 1 aromatic heterocycles. The molecule has 0 fully saturated rings. The van der Waals surface area contributed by atoms with Crippen LogP contribution in [0, 0.1) is 0 Å². The Morgan fingerprint density at radius 1 is 0.950 bits per heavy atom. The van der Waals surface area contributed by atoms with Gasteiger partial charge in [-0.2, -0.15) is 13.2 Å². The Bertz CT molecular complexity index is 1300. The zero-order valence-electron chi connectivity index (χ0n) is 23.5. The van der Waals surface area contributed by atoms with E-state index in [0.29, 0.717) is 6.54 Å². The third kappa shape index (κ3) is 8.11. The summed E-state index contributed by atoms with van der Waals surface area (Å²) in [6, 6.07) is 15.8. The van der Waals surface area contributed by atoms with Crippen LogP contribution in [0.5, 0.6) is 5.75 Å².